The fourth-order valence-electron chi connectivity index (χ4n) is 1.43. The van der Waals surface area contributed by atoms with Crippen LogP contribution in [-0.4, -0.2) is 71.2 Å². The van der Waals surface area contributed by atoms with Gasteiger partial charge in [0.15, 0.2) is 0 Å². The molecule has 0 rings (SSSR count). The molecule has 0 heterocycles. The molecular weight excluding hydrogens is 250 g/mol. The smallest absolute Gasteiger partial charge is 0.323 e. The van der Waals surface area contributed by atoms with Gasteiger partial charge in [0.2, 0.25) is 0 Å². The van der Waals surface area contributed by atoms with Crippen LogP contribution in [0.25, 0.3) is 0 Å². The first kappa shape index (κ1) is 16.6. The van der Waals surface area contributed by atoms with Gasteiger partial charge in [-0.15, -0.1) is 0 Å². The number of hydrogen-bond donors (Lipinski definition) is 2. The molecular formula is C10H18F2N2O4. The maximum atomic E-state index is 12.3. The molecule has 18 heavy (non-hydrogen) atoms. The van der Waals surface area contributed by atoms with Crippen molar-refractivity contribution in [3.63, 3.8) is 0 Å². The number of aliphatic hydroxyl groups excluding tert-OH is 1. The molecule has 0 aromatic carbocycles. The molecule has 0 saturated carbocycles. The molecule has 106 valence electrons. The van der Waals surface area contributed by atoms with Gasteiger partial charge in [0.25, 0.3) is 6.43 Å². The van der Waals surface area contributed by atoms with Crippen LogP contribution in [0, 0.1) is 0 Å². The number of aliphatic hydroxyl groups is 1. The molecule has 2 amide bonds. The summed E-state index contributed by atoms with van der Waals surface area (Å²) in [6, 6.07) is -0.798. The van der Waals surface area contributed by atoms with Crippen LogP contribution >= 0.6 is 0 Å². The summed E-state index contributed by atoms with van der Waals surface area (Å²) in [5.41, 5.74) is 0. The SMILES string of the molecule is CCCN(CC(=O)O)C(=O)N(CCO)CC(F)F. The van der Waals surface area contributed by atoms with Gasteiger partial charge in [0.05, 0.1) is 13.2 Å². The monoisotopic (exact) mass is 268 g/mol. The van der Waals surface area contributed by atoms with Crippen LogP contribution in [0.2, 0.25) is 0 Å². The van der Waals surface area contributed by atoms with Crippen molar-refractivity contribution in [1.29, 1.82) is 0 Å². The first-order valence-electron chi connectivity index (χ1n) is 5.57. The molecule has 0 aromatic heterocycles. The molecule has 0 fully saturated rings. The number of rotatable bonds is 8. The van der Waals surface area contributed by atoms with E-state index in [4.69, 9.17) is 10.2 Å². The van der Waals surface area contributed by atoms with Crippen molar-refractivity contribution in [1.82, 2.24) is 9.80 Å². The van der Waals surface area contributed by atoms with Gasteiger partial charge in [0, 0.05) is 13.1 Å². The van der Waals surface area contributed by atoms with Gasteiger partial charge in [-0.05, 0) is 6.42 Å². The second-order valence-electron chi connectivity index (χ2n) is 3.66. The van der Waals surface area contributed by atoms with E-state index in [1.807, 2.05) is 0 Å². The van der Waals surface area contributed by atoms with Gasteiger partial charge in [-0.25, -0.2) is 13.6 Å². The standard InChI is InChI=1S/C10H18F2N2O4/c1-2-3-13(7-9(16)17)10(18)14(4-5-15)6-8(11)12/h8,15H,2-7H2,1H3,(H,16,17). The number of carbonyl (C=O) groups is 2. The summed E-state index contributed by atoms with van der Waals surface area (Å²) in [6.45, 7) is -0.159. The van der Waals surface area contributed by atoms with Crippen molar-refractivity contribution in [2.24, 2.45) is 0 Å². The van der Waals surface area contributed by atoms with Crippen LogP contribution in [0.5, 0.6) is 0 Å². The van der Waals surface area contributed by atoms with Crippen LogP contribution in [0.15, 0.2) is 0 Å². The first-order chi connectivity index (χ1) is 8.42. The third-order valence-electron chi connectivity index (χ3n) is 2.09. The summed E-state index contributed by atoms with van der Waals surface area (Å²) in [7, 11) is 0. The molecule has 0 aromatic rings. The van der Waals surface area contributed by atoms with Gasteiger partial charge in [-0.2, -0.15) is 0 Å². The highest BCUT2D eigenvalue weighted by Gasteiger charge is 2.24. The third kappa shape index (κ3) is 6.33. The number of aliphatic carboxylic acids is 1. The van der Waals surface area contributed by atoms with E-state index in [1.165, 1.54) is 0 Å². The fourth-order valence-corrected chi connectivity index (χ4v) is 1.43. The summed E-state index contributed by atoms with van der Waals surface area (Å²) >= 11 is 0. The van der Waals surface area contributed by atoms with Gasteiger partial charge in [-0.3, -0.25) is 4.79 Å². The Morgan fingerprint density at radius 1 is 1.22 bits per heavy atom. The number of carboxylic acid groups (broad SMARTS) is 1. The van der Waals surface area contributed by atoms with Crippen LogP contribution in [0.4, 0.5) is 13.6 Å². The molecule has 0 aliphatic heterocycles. The van der Waals surface area contributed by atoms with E-state index in [0.29, 0.717) is 6.42 Å². The highest BCUT2D eigenvalue weighted by molar-refractivity contribution is 5.80. The van der Waals surface area contributed by atoms with Gasteiger partial charge in [-0.1, -0.05) is 6.92 Å². The number of nitrogens with zero attached hydrogens (tertiary/aromatic N) is 2. The highest BCUT2D eigenvalue weighted by Crippen LogP contribution is 2.04. The lowest BCUT2D eigenvalue weighted by Gasteiger charge is -2.28. The summed E-state index contributed by atoms with van der Waals surface area (Å²) < 4.78 is 24.5. The number of halogens is 2. The minimum Gasteiger partial charge on any atom is -0.480 e. The lowest BCUT2D eigenvalue weighted by atomic mass is 10.4. The predicted molar refractivity (Wildman–Crippen MR) is 59.6 cm³/mol. The van der Waals surface area contributed by atoms with Crippen molar-refractivity contribution in [2.45, 2.75) is 19.8 Å². The average Bonchev–Trinajstić information content (AvgIpc) is 2.26. The summed E-state index contributed by atoms with van der Waals surface area (Å²) in [6.07, 6.45) is -2.21. The Morgan fingerprint density at radius 3 is 2.22 bits per heavy atom. The van der Waals surface area contributed by atoms with Crippen molar-refractivity contribution >= 4 is 12.0 Å². The first-order valence-corrected chi connectivity index (χ1v) is 5.57. The quantitative estimate of drug-likeness (QED) is 0.670. The second-order valence-corrected chi connectivity index (χ2v) is 3.66. The van der Waals surface area contributed by atoms with E-state index in [-0.39, 0.29) is 13.1 Å². The number of carboxylic acids is 1. The Labute approximate surface area is 104 Å². The lowest BCUT2D eigenvalue weighted by Crippen LogP contribution is -2.48. The Balaban J connectivity index is 4.69. The van der Waals surface area contributed by atoms with Gasteiger partial charge < -0.3 is 20.0 Å². The average molecular weight is 268 g/mol. The summed E-state index contributed by atoms with van der Waals surface area (Å²) in [5, 5.41) is 17.4. The minimum atomic E-state index is -2.73. The number of urea groups is 1. The molecule has 0 bridgehead atoms. The van der Waals surface area contributed by atoms with E-state index in [0.717, 1.165) is 9.80 Å². The Hall–Kier alpha value is -1.44. The molecule has 6 nitrogen and oxygen atoms in total. The molecule has 0 spiro atoms. The molecule has 2 N–H and O–H groups in total. The zero-order chi connectivity index (χ0) is 14.1. The topological polar surface area (TPSA) is 81.1 Å². The number of hydrogen-bond acceptors (Lipinski definition) is 3. The molecule has 0 aliphatic carbocycles. The second kappa shape index (κ2) is 8.62. The van der Waals surface area contributed by atoms with Crippen LogP contribution in [-0.2, 0) is 4.79 Å². The molecule has 0 aliphatic rings. The summed E-state index contributed by atoms with van der Waals surface area (Å²) in [5.74, 6) is -1.21. The maximum Gasteiger partial charge on any atom is 0.323 e. The maximum absolute atomic E-state index is 12.3. The zero-order valence-corrected chi connectivity index (χ0v) is 10.2. The highest BCUT2D eigenvalue weighted by atomic mass is 19.3. The van der Waals surface area contributed by atoms with Gasteiger partial charge >= 0.3 is 12.0 Å². The Bertz CT molecular complexity index is 277. The van der Waals surface area contributed by atoms with Crippen molar-refractivity contribution in [2.75, 3.05) is 32.8 Å². The van der Waals surface area contributed by atoms with Crippen LogP contribution in [0.1, 0.15) is 13.3 Å². The number of alkyl halides is 2. The van der Waals surface area contributed by atoms with Crippen molar-refractivity contribution < 1.29 is 28.6 Å². The molecule has 0 saturated heterocycles. The van der Waals surface area contributed by atoms with E-state index in [2.05, 4.69) is 0 Å². The lowest BCUT2D eigenvalue weighted by molar-refractivity contribution is -0.137. The summed E-state index contributed by atoms with van der Waals surface area (Å²) in [4.78, 5) is 24.1. The van der Waals surface area contributed by atoms with Crippen LogP contribution < -0.4 is 0 Å². The predicted octanol–water partition coefficient (Wildman–Crippen LogP) is 0.462. The minimum absolute atomic E-state index is 0.163. The van der Waals surface area contributed by atoms with E-state index < -0.39 is 38.1 Å². The van der Waals surface area contributed by atoms with E-state index >= 15 is 0 Å². The third-order valence-corrected chi connectivity index (χ3v) is 2.09. The fraction of sp³-hybridized carbons (Fsp3) is 0.800. The molecule has 0 radical (unpaired) electrons. The number of carbonyl (C=O) groups excluding carboxylic acids is 1. The molecule has 8 heteroatoms. The Morgan fingerprint density at radius 2 is 1.83 bits per heavy atom. The van der Waals surface area contributed by atoms with Gasteiger partial charge in [0.1, 0.15) is 6.54 Å². The Kier molecular flexibility index (Phi) is 7.93. The molecule has 0 atom stereocenters. The van der Waals surface area contributed by atoms with Crippen molar-refractivity contribution in [3.05, 3.63) is 0 Å². The van der Waals surface area contributed by atoms with Crippen LogP contribution in [0.3, 0.4) is 0 Å². The van der Waals surface area contributed by atoms with E-state index in [1.54, 1.807) is 6.92 Å². The number of amides is 2. The zero-order valence-electron chi connectivity index (χ0n) is 10.2. The largest absolute Gasteiger partial charge is 0.480 e. The van der Waals surface area contributed by atoms with E-state index in [9.17, 15) is 18.4 Å². The molecule has 0 unspecified atom stereocenters. The van der Waals surface area contributed by atoms with Crippen molar-refractivity contribution in [3.8, 4) is 0 Å². The normalized spacial score (nSPS) is 10.5.